The highest BCUT2D eigenvalue weighted by molar-refractivity contribution is 6.04. The van der Waals surface area contributed by atoms with Gasteiger partial charge in [0.05, 0.1) is 31.8 Å². The average Bonchev–Trinajstić information content (AvgIpc) is 3.13. The monoisotopic (exact) mass is 379 g/mol. The van der Waals surface area contributed by atoms with Crippen LogP contribution in [-0.4, -0.2) is 39.6 Å². The lowest BCUT2D eigenvalue weighted by Gasteiger charge is -2.22. The predicted molar refractivity (Wildman–Crippen MR) is 105 cm³/mol. The van der Waals surface area contributed by atoms with Crippen molar-refractivity contribution in [2.75, 3.05) is 37.6 Å². The van der Waals surface area contributed by atoms with Crippen molar-refractivity contribution >= 4 is 23.2 Å². The number of benzene rings is 2. The standard InChI is InChI=1S/C21H21N3O4/c1-23(16-6-4-5-14(9-16)12-22)21(26)15-10-20(25)24(13-15)17-7-8-18(27-2)19(11-17)28-3/h4-9,11,15H,10,13H2,1-3H3. The molecule has 1 saturated heterocycles. The van der Waals surface area contributed by atoms with Crippen molar-refractivity contribution in [3.8, 4) is 17.6 Å². The van der Waals surface area contributed by atoms with E-state index in [9.17, 15) is 9.59 Å². The van der Waals surface area contributed by atoms with Crippen LogP contribution in [-0.2, 0) is 9.59 Å². The molecule has 0 N–H and O–H groups in total. The molecule has 144 valence electrons. The molecule has 0 bridgehead atoms. The van der Waals surface area contributed by atoms with Gasteiger partial charge in [0, 0.05) is 37.5 Å². The number of ether oxygens (including phenoxy) is 2. The van der Waals surface area contributed by atoms with Gasteiger partial charge in [0.2, 0.25) is 11.8 Å². The summed E-state index contributed by atoms with van der Waals surface area (Å²) in [6.45, 7) is 0.287. The van der Waals surface area contributed by atoms with E-state index < -0.39 is 5.92 Å². The van der Waals surface area contributed by atoms with Gasteiger partial charge >= 0.3 is 0 Å². The molecule has 2 aromatic carbocycles. The largest absolute Gasteiger partial charge is 0.493 e. The molecular weight excluding hydrogens is 358 g/mol. The minimum Gasteiger partial charge on any atom is -0.493 e. The van der Waals surface area contributed by atoms with Crippen LogP contribution >= 0.6 is 0 Å². The first-order valence-electron chi connectivity index (χ1n) is 8.78. The van der Waals surface area contributed by atoms with Crippen molar-refractivity contribution in [3.63, 3.8) is 0 Å². The lowest BCUT2D eigenvalue weighted by Crippen LogP contribution is -2.34. The molecule has 0 aromatic heterocycles. The second kappa shape index (κ2) is 8.01. The Kier molecular flexibility index (Phi) is 5.50. The summed E-state index contributed by atoms with van der Waals surface area (Å²) in [5.41, 5.74) is 1.76. The Bertz CT molecular complexity index is 951. The number of anilines is 2. The smallest absolute Gasteiger partial charge is 0.232 e. The molecule has 1 fully saturated rings. The first kappa shape index (κ1) is 19.2. The highest BCUT2D eigenvalue weighted by Crippen LogP contribution is 2.34. The molecule has 1 aliphatic rings. The van der Waals surface area contributed by atoms with E-state index in [1.807, 2.05) is 0 Å². The summed E-state index contributed by atoms with van der Waals surface area (Å²) in [5.74, 6) is 0.350. The van der Waals surface area contributed by atoms with E-state index in [2.05, 4.69) is 6.07 Å². The molecule has 0 spiro atoms. The van der Waals surface area contributed by atoms with Gasteiger partial charge in [-0.25, -0.2) is 0 Å². The minimum atomic E-state index is -0.462. The summed E-state index contributed by atoms with van der Waals surface area (Å²) in [6, 6.07) is 14.1. The number of nitrogens with zero attached hydrogens (tertiary/aromatic N) is 3. The Hall–Kier alpha value is -3.53. The van der Waals surface area contributed by atoms with Gasteiger partial charge in [-0.1, -0.05) is 6.07 Å². The number of amides is 2. The SMILES string of the molecule is COc1ccc(N2CC(C(=O)N(C)c3cccc(C#N)c3)CC2=O)cc1OC. The van der Waals surface area contributed by atoms with E-state index in [-0.39, 0.29) is 24.8 Å². The lowest BCUT2D eigenvalue weighted by molar-refractivity contribution is -0.124. The van der Waals surface area contributed by atoms with Gasteiger partial charge in [0.25, 0.3) is 0 Å². The van der Waals surface area contributed by atoms with E-state index in [0.29, 0.717) is 28.4 Å². The molecule has 0 aliphatic carbocycles. The number of carbonyl (C=O) groups excluding carboxylic acids is 2. The van der Waals surface area contributed by atoms with Gasteiger partial charge in [0.1, 0.15) is 0 Å². The van der Waals surface area contributed by atoms with Gasteiger partial charge in [-0.3, -0.25) is 9.59 Å². The summed E-state index contributed by atoms with van der Waals surface area (Å²) in [6.07, 6.45) is 0.134. The number of hydrogen-bond donors (Lipinski definition) is 0. The van der Waals surface area contributed by atoms with E-state index >= 15 is 0 Å². The molecule has 0 saturated carbocycles. The molecule has 1 atom stereocenters. The Labute approximate surface area is 163 Å². The van der Waals surface area contributed by atoms with Gasteiger partial charge in [-0.05, 0) is 30.3 Å². The molecular formula is C21H21N3O4. The van der Waals surface area contributed by atoms with Crippen molar-refractivity contribution in [2.45, 2.75) is 6.42 Å². The fraction of sp³-hybridized carbons (Fsp3) is 0.286. The van der Waals surface area contributed by atoms with Crippen molar-refractivity contribution in [2.24, 2.45) is 5.92 Å². The second-order valence-electron chi connectivity index (χ2n) is 6.50. The van der Waals surface area contributed by atoms with Crippen LogP contribution < -0.4 is 19.3 Å². The van der Waals surface area contributed by atoms with Gasteiger partial charge in [-0.15, -0.1) is 0 Å². The van der Waals surface area contributed by atoms with Crippen LogP contribution in [0.4, 0.5) is 11.4 Å². The van der Waals surface area contributed by atoms with Gasteiger partial charge < -0.3 is 19.3 Å². The number of nitriles is 1. The average molecular weight is 379 g/mol. The zero-order chi connectivity index (χ0) is 20.3. The third-order valence-electron chi connectivity index (χ3n) is 4.85. The Morgan fingerprint density at radius 2 is 1.93 bits per heavy atom. The third-order valence-corrected chi connectivity index (χ3v) is 4.85. The Morgan fingerprint density at radius 1 is 1.18 bits per heavy atom. The fourth-order valence-electron chi connectivity index (χ4n) is 3.30. The Balaban J connectivity index is 1.78. The van der Waals surface area contributed by atoms with Crippen LogP contribution in [0.15, 0.2) is 42.5 Å². The zero-order valence-corrected chi connectivity index (χ0v) is 16.0. The number of hydrogen-bond acceptors (Lipinski definition) is 5. The summed E-state index contributed by atoms with van der Waals surface area (Å²) >= 11 is 0. The summed E-state index contributed by atoms with van der Waals surface area (Å²) in [4.78, 5) is 28.5. The second-order valence-corrected chi connectivity index (χ2v) is 6.50. The molecule has 0 radical (unpaired) electrons. The van der Waals surface area contributed by atoms with E-state index in [0.717, 1.165) is 0 Å². The highest BCUT2D eigenvalue weighted by atomic mass is 16.5. The summed E-state index contributed by atoms with van der Waals surface area (Å²) in [7, 11) is 4.73. The molecule has 1 unspecified atom stereocenters. The molecule has 28 heavy (non-hydrogen) atoms. The van der Waals surface area contributed by atoms with Crippen LogP contribution in [0.25, 0.3) is 0 Å². The van der Waals surface area contributed by atoms with Crippen molar-refractivity contribution in [3.05, 3.63) is 48.0 Å². The van der Waals surface area contributed by atoms with Crippen molar-refractivity contribution in [1.29, 1.82) is 5.26 Å². The number of rotatable bonds is 5. The molecule has 7 heteroatoms. The maximum atomic E-state index is 12.9. The molecule has 1 heterocycles. The number of carbonyl (C=O) groups is 2. The molecule has 2 aromatic rings. The van der Waals surface area contributed by atoms with E-state index in [1.54, 1.807) is 61.5 Å². The van der Waals surface area contributed by atoms with Gasteiger partial charge in [-0.2, -0.15) is 5.26 Å². The fourth-order valence-corrected chi connectivity index (χ4v) is 3.30. The molecule has 7 nitrogen and oxygen atoms in total. The summed E-state index contributed by atoms with van der Waals surface area (Å²) in [5, 5.41) is 9.05. The maximum absolute atomic E-state index is 12.9. The maximum Gasteiger partial charge on any atom is 0.232 e. The Morgan fingerprint density at radius 3 is 2.61 bits per heavy atom. The van der Waals surface area contributed by atoms with Crippen LogP contribution in [0.1, 0.15) is 12.0 Å². The first-order valence-corrected chi connectivity index (χ1v) is 8.78. The van der Waals surface area contributed by atoms with Crippen molar-refractivity contribution in [1.82, 2.24) is 0 Å². The predicted octanol–water partition coefficient (Wildman–Crippen LogP) is 2.59. The minimum absolute atomic E-state index is 0.121. The van der Waals surface area contributed by atoms with Crippen molar-refractivity contribution < 1.29 is 19.1 Å². The van der Waals surface area contributed by atoms with Crippen LogP contribution in [0.2, 0.25) is 0 Å². The lowest BCUT2D eigenvalue weighted by atomic mass is 10.1. The number of methoxy groups -OCH3 is 2. The molecule has 2 amide bonds. The molecule has 1 aliphatic heterocycles. The van der Waals surface area contributed by atoms with Crippen LogP contribution in [0.3, 0.4) is 0 Å². The third kappa shape index (κ3) is 3.62. The molecule has 3 rings (SSSR count). The van der Waals surface area contributed by atoms with Crippen LogP contribution in [0.5, 0.6) is 11.5 Å². The zero-order valence-electron chi connectivity index (χ0n) is 16.0. The first-order chi connectivity index (χ1) is 13.5. The van der Waals surface area contributed by atoms with Crippen LogP contribution in [0, 0.1) is 17.2 Å². The van der Waals surface area contributed by atoms with E-state index in [1.165, 1.54) is 12.0 Å². The summed E-state index contributed by atoms with van der Waals surface area (Å²) < 4.78 is 10.5. The normalized spacial score (nSPS) is 15.9. The highest BCUT2D eigenvalue weighted by Gasteiger charge is 2.37. The quantitative estimate of drug-likeness (QED) is 0.797. The van der Waals surface area contributed by atoms with E-state index in [4.69, 9.17) is 14.7 Å². The van der Waals surface area contributed by atoms with Gasteiger partial charge in [0.15, 0.2) is 11.5 Å². The topological polar surface area (TPSA) is 82.9 Å².